The van der Waals surface area contributed by atoms with Crippen molar-refractivity contribution in [1.82, 2.24) is 10.2 Å². The SMILES string of the molecule is COC1(O)C(=O)NC(=O)N([C@H]2C[C@H](O)[C@@H](CO)O2)C1O. The second-order valence-electron chi connectivity index (χ2n) is 4.56. The fourth-order valence-corrected chi connectivity index (χ4v) is 2.20. The van der Waals surface area contributed by atoms with E-state index in [2.05, 4.69) is 4.74 Å². The first-order valence-electron chi connectivity index (χ1n) is 5.89. The molecule has 114 valence electrons. The van der Waals surface area contributed by atoms with Crippen molar-refractivity contribution < 1.29 is 39.5 Å². The molecule has 0 bridgehead atoms. The highest BCUT2D eigenvalue weighted by atomic mass is 16.6. The van der Waals surface area contributed by atoms with E-state index < -0.39 is 49.0 Å². The van der Waals surface area contributed by atoms with Gasteiger partial charge in [-0.05, 0) is 0 Å². The lowest BCUT2D eigenvalue weighted by Gasteiger charge is -2.43. The van der Waals surface area contributed by atoms with Crippen LogP contribution >= 0.6 is 0 Å². The van der Waals surface area contributed by atoms with Crippen molar-refractivity contribution in [3.05, 3.63) is 0 Å². The number of urea groups is 1. The Morgan fingerprint density at radius 2 is 2.15 bits per heavy atom. The van der Waals surface area contributed by atoms with Gasteiger partial charge in [-0.1, -0.05) is 0 Å². The number of nitrogens with zero attached hydrogens (tertiary/aromatic N) is 1. The standard InChI is InChI=1S/C10H16N2O8/c1-19-10(18)7(15)11-9(17)12(8(10)16)6-2-4(14)5(3-13)20-6/h4-6,8,13-14,16,18H,2-3H2,1H3,(H,11,15,17)/t4-,5+,6+,8?,10?/m0/s1. The normalized spacial score (nSPS) is 42.0. The Morgan fingerprint density at radius 3 is 2.65 bits per heavy atom. The number of hydrogen-bond donors (Lipinski definition) is 5. The van der Waals surface area contributed by atoms with Gasteiger partial charge >= 0.3 is 6.03 Å². The van der Waals surface area contributed by atoms with Crippen LogP contribution in [0.5, 0.6) is 0 Å². The summed E-state index contributed by atoms with van der Waals surface area (Å²) >= 11 is 0. The molecule has 0 aromatic rings. The van der Waals surface area contributed by atoms with Crippen molar-refractivity contribution in [2.24, 2.45) is 0 Å². The van der Waals surface area contributed by atoms with Gasteiger partial charge < -0.3 is 29.9 Å². The van der Waals surface area contributed by atoms with Crippen LogP contribution < -0.4 is 5.32 Å². The number of aliphatic hydroxyl groups is 4. The third kappa shape index (κ3) is 2.16. The molecule has 10 heteroatoms. The largest absolute Gasteiger partial charge is 0.394 e. The third-order valence-electron chi connectivity index (χ3n) is 3.40. The summed E-state index contributed by atoms with van der Waals surface area (Å²) in [6.07, 6.45) is -5.19. The molecule has 5 N–H and O–H groups in total. The predicted molar refractivity (Wildman–Crippen MR) is 59.7 cm³/mol. The number of methoxy groups -OCH3 is 1. The Labute approximate surface area is 113 Å². The highest BCUT2D eigenvalue weighted by molar-refractivity contribution is 6.01. The van der Waals surface area contributed by atoms with Crippen LogP contribution in [0, 0.1) is 0 Å². The van der Waals surface area contributed by atoms with Crippen LogP contribution in [0.15, 0.2) is 0 Å². The van der Waals surface area contributed by atoms with Crippen LogP contribution in [0.1, 0.15) is 6.42 Å². The number of ether oxygens (including phenoxy) is 2. The van der Waals surface area contributed by atoms with Gasteiger partial charge in [-0.15, -0.1) is 0 Å². The molecule has 2 heterocycles. The van der Waals surface area contributed by atoms with Crippen LogP contribution in [-0.2, 0) is 14.3 Å². The molecule has 2 saturated heterocycles. The first-order valence-corrected chi connectivity index (χ1v) is 5.89. The minimum atomic E-state index is -2.64. The van der Waals surface area contributed by atoms with E-state index in [0.29, 0.717) is 4.90 Å². The van der Waals surface area contributed by atoms with Gasteiger partial charge in [-0.2, -0.15) is 0 Å². The maximum absolute atomic E-state index is 11.8. The average Bonchev–Trinajstić information content (AvgIpc) is 2.77. The molecular formula is C10H16N2O8. The van der Waals surface area contributed by atoms with E-state index in [1.807, 2.05) is 5.32 Å². The van der Waals surface area contributed by atoms with Crippen LogP contribution in [0.25, 0.3) is 0 Å². The fraction of sp³-hybridized carbons (Fsp3) is 0.800. The summed E-state index contributed by atoms with van der Waals surface area (Å²) in [4.78, 5) is 23.9. The van der Waals surface area contributed by atoms with Crippen LogP contribution in [-0.4, -0.2) is 81.4 Å². The van der Waals surface area contributed by atoms with Gasteiger partial charge in [0.1, 0.15) is 12.3 Å². The molecule has 2 fully saturated rings. The molecule has 0 spiro atoms. The van der Waals surface area contributed by atoms with Crippen LogP contribution in [0.2, 0.25) is 0 Å². The van der Waals surface area contributed by atoms with Gasteiger partial charge in [0.25, 0.3) is 11.7 Å². The highest BCUT2D eigenvalue weighted by Gasteiger charge is 2.57. The number of amides is 3. The number of nitrogens with one attached hydrogen (secondary N) is 1. The Kier molecular flexibility index (Phi) is 3.95. The number of imide groups is 1. The zero-order valence-electron chi connectivity index (χ0n) is 10.6. The minimum Gasteiger partial charge on any atom is -0.394 e. The molecule has 2 rings (SSSR count). The Balaban J connectivity index is 2.23. The topological polar surface area (TPSA) is 149 Å². The zero-order chi connectivity index (χ0) is 15.1. The van der Waals surface area contributed by atoms with Crippen molar-refractivity contribution in [2.45, 2.75) is 36.9 Å². The summed E-state index contributed by atoms with van der Waals surface area (Å²) in [5.41, 5.74) is 0. The van der Waals surface area contributed by atoms with Gasteiger partial charge in [0, 0.05) is 13.5 Å². The molecule has 2 aliphatic heterocycles. The molecule has 0 saturated carbocycles. The monoisotopic (exact) mass is 292 g/mol. The fourth-order valence-electron chi connectivity index (χ4n) is 2.20. The minimum absolute atomic E-state index is 0.0936. The van der Waals surface area contributed by atoms with E-state index in [4.69, 9.17) is 9.84 Å². The molecule has 0 aliphatic carbocycles. The molecule has 0 aromatic heterocycles. The Bertz CT molecular complexity index is 418. The molecule has 3 amide bonds. The van der Waals surface area contributed by atoms with Crippen molar-refractivity contribution in [1.29, 1.82) is 0 Å². The van der Waals surface area contributed by atoms with Gasteiger partial charge in [0.2, 0.25) is 0 Å². The number of aliphatic hydroxyl groups excluding tert-OH is 3. The molecule has 5 atom stereocenters. The maximum atomic E-state index is 11.8. The summed E-state index contributed by atoms with van der Waals surface area (Å²) in [6.45, 7) is -0.475. The summed E-state index contributed by atoms with van der Waals surface area (Å²) in [6, 6.07) is -1.000. The number of hydrogen-bond acceptors (Lipinski definition) is 8. The van der Waals surface area contributed by atoms with Crippen LogP contribution in [0.3, 0.4) is 0 Å². The average molecular weight is 292 g/mol. The maximum Gasteiger partial charge on any atom is 0.328 e. The second kappa shape index (κ2) is 5.24. The molecule has 2 aliphatic rings. The number of carbonyl (C=O) groups excluding carboxylic acids is 2. The van der Waals surface area contributed by atoms with Crippen molar-refractivity contribution in [2.75, 3.05) is 13.7 Å². The number of carbonyl (C=O) groups is 2. The quantitative estimate of drug-likeness (QED) is 0.339. The molecule has 0 radical (unpaired) electrons. The highest BCUT2D eigenvalue weighted by Crippen LogP contribution is 2.29. The summed E-state index contributed by atoms with van der Waals surface area (Å²) < 4.78 is 9.76. The molecule has 20 heavy (non-hydrogen) atoms. The Morgan fingerprint density at radius 1 is 1.50 bits per heavy atom. The summed E-state index contributed by atoms with van der Waals surface area (Å²) in [7, 11) is 0.984. The number of rotatable bonds is 3. The first-order chi connectivity index (χ1) is 9.35. The lowest BCUT2D eigenvalue weighted by molar-refractivity contribution is -0.278. The molecule has 0 aromatic carbocycles. The van der Waals surface area contributed by atoms with Crippen LogP contribution in [0.4, 0.5) is 4.79 Å². The lowest BCUT2D eigenvalue weighted by Crippen LogP contribution is -2.72. The summed E-state index contributed by atoms with van der Waals surface area (Å²) in [5.74, 6) is -3.84. The van der Waals surface area contributed by atoms with E-state index in [0.717, 1.165) is 7.11 Å². The van der Waals surface area contributed by atoms with Crippen molar-refractivity contribution in [3.8, 4) is 0 Å². The molecule has 10 nitrogen and oxygen atoms in total. The van der Waals surface area contributed by atoms with Gasteiger partial charge in [-0.3, -0.25) is 15.0 Å². The van der Waals surface area contributed by atoms with Crippen molar-refractivity contribution >= 4 is 11.9 Å². The second-order valence-corrected chi connectivity index (χ2v) is 4.56. The predicted octanol–water partition coefficient (Wildman–Crippen LogP) is -3.34. The van der Waals surface area contributed by atoms with Gasteiger partial charge in [0.05, 0.1) is 12.7 Å². The van der Waals surface area contributed by atoms with E-state index in [1.54, 1.807) is 0 Å². The Hall–Kier alpha value is -1.30. The van der Waals surface area contributed by atoms with Crippen molar-refractivity contribution in [3.63, 3.8) is 0 Å². The smallest absolute Gasteiger partial charge is 0.328 e. The van der Waals surface area contributed by atoms with E-state index >= 15 is 0 Å². The van der Waals surface area contributed by atoms with E-state index in [9.17, 15) is 24.9 Å². The van der Waals surface area contributed by atoms with E-state index in [-0.39, 0.29) is 6.42 Å². The molecular weight excluding hydrogens is 276 g/mol. The van der Waals surface area contributed by atoms with Gasteiger partial charge in [-0.25, -0.2) is 4.79 Å². The first kappa shape index (κ1) is 15.1. The molecule has 2 unspecified atom stereocenters. The summed E-state index contributed by atoms with van der Waals surface area (Å²) in [5, 5.41) is 40.3. The third-order valence-corrected chi connectivity index (χ3v) is 3.40. The van der Waals surface area contributed by atoms with Gasteiger partial charge in [0.15, 0.2) is 6.23 Å². The van der Waals surface area contributed by atoms with E-state index in [1.165, 1.54) is 0 Å². The zero-order valence-corrected chi connectivity index (χ0v) is 10.6. The lowest BCUT2D eigenvalue weighted by atomic mass is 10.1.